The number of hydrogen-bond donors (Lipinski definition) is 4. The third-order valence-electron chi connectivity index (χ3n) is 7.36. The van der Waals surface area contributed by atoms with E-state index < -0.39 is 0 Å². The summed E-state index contributed by atoms with van der Waals surface area (Å²) in [4.78, 5) is 6.31. The first-order chi connectivity index (χ1) is 19.0. The molecule has 0 atom stereocenters. The fourth-order valence-electron chi connectivity index (χ4n) is 5.30. The molecule has 7 nitrogen and oxygen atoms in total. The Morgan fingerprint density at radius 2 is 0.923 bits per heavy atom. The van der Waals surface area contributed by atoms with Crippen molar-refractivity contribution in [3.63, 3.8) is 0 Å². The highest BCUT2D eigenvalue weighted by Gasteiger charge is 2.21. The zero-order valence-corrected chi connectivity index (χ0v) is 23.6. The van der Waals surface area contributed by atoms with Gasteiger partial charge in [0.2, 0.25) is 0 Å². The number of rotatable bonds is 16. The Labute approximate surface area is 233 Å². The van der Waals surface area contributed by atoms with Crippen LogP contribution in [0.4, 0.5) is 17.1 Å². The van der Waals surface area contributed by atoms with Gasteiger partial charge in [0.15, 0.2) is 0 Å². The molecule has 212 valence electrons. The van der Waals surface area contributed by atoms with Gasteiger partial charge in [0.1, 0.15) is 0 Å². The number of aryl methyl sites for hydroxylation is 1. The Hall–Kier alpha value is -3.10. The van der Waals surface area contributed by atoms with Gasteiger partial charge in [0.05, 0.1) is 26.4 Å². The van der Waals surface area contributed by atoms with E-state index in [4.69, 9.17) is 0 Å². The SMILES string of the molecule is CCN(CC)c1ccc(C(c2ccc(N(CCO)CCO)cc2)c2ccc(N(CCO)CCO)cc2)c(C)c1. The van der Waals surface area contributed by atoms with Crippen LogP contribution in [-0.2, 0) is 0 Å². The van der Waals surface area contributed by atoms with Crippen LogP contribution < -0.4 is 14.7 Å². The lowest BCUT2D eigenvalue weighted by atomic mass is 9.82. The minimum atomic E-state index is 0.00659. The lowest BCUT2D eigenvalue weighted by molar-refractivity contribution is 0.280. The normalized spacial score (nSPS) is 11.2. The molecule has 7 heteroatoms. The molecule has 0 spiro atoms. The van der Waals surface area contributed by atoms with E-state index in [0.29, 0.717) is 26.2 Å². The molecule has 3 aromatic carbocycles. The first-order valence-electron chi connectivity index (χ1n) is 14.0. The molecule has 0 saturated carbocycles. The molecule has 0 unspecified atom stereocenters. The van der Waals surface area contributed by atoms with Crippen molar-refractivity contribution in [2.45, 2.75) is 26.7 Å². The molecule has 0 aliphatic heterocycles. The molecule has 0 heterocycles. The summed E-state index contributed by atoms with van der Waals surface area (Å²) in [5, 5.41) is 37.9. The summed E-state index contributed by atoms with van der Waals surface area (Å²) in [5.74, 6) is 0.00659. The predicted octanol–water partition coefficient (Wildman–Crippen LogP) is 3.60. The van der Waals surface area contributed by atoms with Gasteiger partial charge in [-0.25, -0.2) is 0 Å². The van der Waals surface area contributed by atoms with Gasteiger partial charge in [0.25, 0.3) is 0 Å². The first-order valence-corrected chi connectivity index (χ1v) is 14.0. The molecule has 4 N–H and O–H groups in total. The molecule has 0 bridgehead atoms. The quantitative estimate of drug-likeness (QED) is 0.208. The van der Waals surface area contributed by atoms with E-state index in [9.17, 15) is 20.4 Å². The number of nitrogens with zero attached hydrogens (tertiary/aromatic N) is 3. The summed E-state index contributed by atoms with van der Waals surface area (Å²) in [5.41, 5.74) is 7.92. The molecule has 39 heavy (non-hydrogen) atoms. The molecule has 3 rings (SSSR count). The van der Waals surface area contributed by atoms with Crippen LogP contribution in [0.25, 0.3) is 0 Å². The van der Waals surface area contributed by atoms with E-state index >= 15 is 0 Å². The minimum Gasteiger partial charge on any atom is -0.395 e. The predicted molar refractivity (Wildman–Crippen MR) is 161 cm³/mol. The number of hydrogen-bond acceptors (Lipinski definition) is 7. The monoisotopic (exact) mass is 535 g/mol. The summed E-state index contributed by atoms with van der Waals surface area (Å²) in [7, 11) is 0. The Bertz CT molecular complexity index is 1050. The zero-order valence-electron chi connectivity index (χ0n) is 23.6. The van der Waals surface area contributed by atoms with Crippen LogP contribution in [0.3, 0.4) is 0 Å². The third-order valence-corrected chi connectivity index (χ3v) is 7.36. The fourth-order valence-corrected chi connectivity index (χ4v) is 5.30. The van der Waals surface area contributed by atoms with Crippen LogP contribution >= 0.6 is 0 Å². The second-order valence-corrected chi connectivity index (χ2v) is 9.70. The summed E-state index contributed by atoms with van der Waals surface area (Å²) >= 11 is 0. The molecule has 0 aliphatic carbocycles. The first kappa shape index (κ1) is 30.4. The molecule has 0 aromatic heterocycles. The maximum absolute atomic E-state index is 9.46. The van der Waals surface area contributed by atoms with Crippen LogP contribution in [0, 0.1) is 6.92 Å². The molecule has 0 aliphatic rings. The van der Waals surface area contributed by atoms with Gasteiger partial charge in [-0.3, -0.25) is 0 Å². The lowest BCUT2D eigenvalue weighted by Crippen LogP contribution is -2.29. The molecule has 0 saturated heterocycles. The molecule has 0 fully saturated rings. The number of anilines is 3. The van der Waals surface area contributed by atoms with E-state index in [1.807, 2.05) is 9.80 Å². The van der Waals surface area contributed by atoms with Crippen molar-refractivity contribution >= 4 is 17.1 Å². The fraction of sp³-hybridized carbons (Fsp3) is 0.438. The van der Waals surface area contributed by atoms with E-state index in [1.165, 1.54) is 16.8 Å². The van der Waals surface area contributed by atoms with Gasteiger partial charge >= 0.3 is 0 Å². The average molecular weight is 536 g/mol. The van der Waals surface area contributed by atoms with E-state index in [-0.39, 0.29) is 32.3 Å². The zero-order chi connectivity index (χ0) is 28.2. The van der Waals surface area contributed by atoms with Crippen molar-refractivity contribution in [3.05, 3.63) is 89.0 Å². The molecular formula is C32H45N3O4. The van der Waals surface area contributed by atoms with Gasteiger partial charge in [-0.1, -0.05) is 30.3 Å². The molecule has 0 radical (unpaired) electrons. The molecular weight excluding hydrogens is 490 g/mol. The standard InChI is InChI=1S/C32H45N3O4/c1-4-33(5-2)30-14-15-31(25(3)24-30)32(26-6-10-28(11-7-26)34(16-20-36)17-21-37)27-8-12-29(13-9-27)35(18-22-38)19-23-39/h6-15,24,32,36-39H,4-5,16-23H2,1-3H3. The number of benzene rings is 3. The van der Waals surface area contributed by atoms with Gasteiger partial charge in [-0.05, 0) is 79.4 Å². The highest BCUT2D eigenvalue weighted by molar-refractivity contribution is 5.58. The summed E-state index contributed by atoms with van der Waals surface area (Å²) in [6.07, 6.45) is 0. The third kappa shape index (κ3) is 7.73. The molecule has 3 aromatic rings. The summed E-state index contributed by atoms with van der Waals surface area (Å²) < 4.78 is 0. The van der Waals surface area contributed by atoms with Gasteiger partial charge in [-0.15, -0.1) is 0 Å². The minimum absolute atomic E-state index is 0.00659. The second-order valence-electron chi connectivity index (χ2n) is 9.70. The van der Waals surface area contributed by atoms with E-state index in [0.717, 1.165) is 35.6 Å². The topological polar surface area (TPSA) is 90.6 Å². The van der Waals surface area contributed by atoms with Crippen molar-refractivity contribution in [1.29, 1.82) is 0 Å². The van der Waals surface area contributed by atoms with Crippen LogP contribution in [0.2, 0.25) is 0 Å². The van der Waals surface area contributed by atoms with Gasteiger partial charge in [0, 0.05) is 62.2 Å². The maximum atomic E-state index is 9.46. The Morgan fingerprint density at radius 3 is 1.26 bits per heavy atom. The Balaban J connectivity index is 2.05. The highest BCUT2D eigenvalue weighted by Crippen LogP contribution is 2.37. The van der Waals surface area contributed by atoms with Crippen LogP contribution in [-0.4, -0.2) is 86.1 Å². The van der Waals surface area contributed by atoms with Gasteiger partial charge in [-0.2, -0.15) is 0 Å². The highest BCUT2D eigenvalue weighted by atomic mass is 16.3. The number of aliphatic hydroxyl groups is 4. The maximum Gasteiger partial charge on any atom is 0.0606 e. The second kappa shape index (κ2) is 15.5. The average Bonchev–Trinajstić information content (AvgIpc) is 2.95. The van der Waals surface area contributed by atoms with Gasteiger partial charge < -0.3 is 35.1 Å². The molecule has 0 amide bonds. The van der Waals surface area contributed by atoms with Crippen molar-refractivity contribution in [2.75, 3.05) is 80.4 Å². The summed E-state index contributed by atoms with van der Waals surface area (Å²) in [6, 6.07) is 23.5. The largest absolute Gasteiger partial charge is 0.395 e. The lowest BCUT2D eigenvalue weighted by Gasteiger charge is -2.27. The van der Waals surface area contributed by atoms with E-state index in [2.05, 4.69) is 92.4 Å². The summed E-state index contributed by atoms with van der Waals surface area (Å²) in [6.45, 7) is 10.4. The van der Waals surface area contributed by atoms with Crippen molar-refractivity contribution in [3.8, 4) is 0 Å². The Kier molecular flexibility index (Phi) is 12.1. The van der Waals surface area contributed by atoms with Crippen LogP contribution in [0.5, 0.6) is 0 Å². The van der Waals surface area contributed by atoms with Crippen molar-refractivity contribution < 1.29 is 20.4 Å². The smallest absolute Gasteiger partial charge is 0.0606 e. The van der Waals surface area contributed by atoms with E-state index in [1.54, 1.807) is 0 Å². The van der Waals surface area contributed by atoms with Crippen molar-refractivity contribution in [2.24, 2.45) is 0 Å². The number of aliphatic hydroxyl groups excluding tert-OH is 4. The van der Waals surface area contributed by atoms with Crippen LogP contribution in [0.1, 0.15) is 42.0 Å². The van der Waals surface area contributed by atoms with Crippen molar-refractivity contribution in [1.82, 2.24) is 0 Å². The Morgan fingerprint density at radius 1 is 0.538 bits per heavy atom. The van der Waals surface area contributed by atoms with Crippen LogP contribution in [0.15, 0.2) is 66.7 Å².